The molecule has 1 heterocycles. The second-order valence-electron chi connectivity index (χ2n) is 4.91. The summed E-state index contributed by atoms with van der Waals surface area (Å²) >= 11 is 0. The highest BCUT2D eigenvalue weighted by molar-refractivity contribution is 7.91. The monoisotopic (exact) mass is 299 g/mol. The summed E-state index contributed by atoms with van der Waals surface area (Å²) in [6.07, 6.45) is 4.51. The lowest BCUT2D eigenvalue weighted by atomic mass is 10.2. The van der Waals surface area contributed by atoms with Crippen molar-refractivity contribution in [3.05, 3.63) is 30.1 Å². The Morgan fingerprint density at radius 1 is 1.45 bits per heavy atom. The Balaban J connectivity index is 2.59. The van der Waals surface area contributed by atoms with E-state index < -0.39 is 21.1 Å². The zero-order chi connectivity index (χ0) is 15.3. The zero-order valence-electron chi connectivity index (χ0n) is 12.2. The van der Waals surface area contributed by atoms with Crippen LogP contribution in [0.2, 0.25) is 0 Å². The van der Waals surface area contributed by atoms with Crippen molar-refractivity contribution in [2.45, 2.75) is 31.7 Å². The molecule has 0 radical (unpaired) electrons. The lowest BCUT2D eigenvalue weighted by Crippen LogP contribution is -2.48. The van der Waals surface area contributed by atoms with Crippen molar-refractivity contribution in [2.24, 2.45) is 0 Å². The molecule has 0 aliphatic heterocycles. The van der Waals surface area contributed by atoms with Crippen LogP contribution in [0.1, 0.15) is 19.4 Å². The Labute approximate surface area is 120 Å². The number of rotatable bonds is 5. The van der Waals surface area contributed by atoms with Crippen molar-refractivity contribution >= 4 is 15.9 Å². The van der Waals surface area contributed by atoms with Gasteiger partial charge in [-0.15, -0.1) is 0 Å². The number of carbonyl (C=O) groups excluding carboxylic acids is 1. The molecule has 1 N–H and O–H groups in total. The number of hydrogen-bond donors (Lipinski definition) is 1. The van der Waals surface area contributed by atoms with Crippen molar-refractivity contribution in [1.82, 2.24) is 15.2 Å². The van der Waals surface area contributed by atoms with Crippen molar-refractivity contribution in [2.75, 3.05) is 13.3 Å². The third kappa shape index (κ3) is 4.48. The average molecular weight is 299 g/mol. The van der Waals surface area contributed by atoms with Crippen LogP contribution in [0.4, 0.5) is 4.79 Å². The molecule has 6 nitrogen and oxygen atoms in total. The van der Waals surface area contributed by atoms with Gasteiger partial charge in [-0.25, -0.2) is 13.2 Å². The zero-order valence-corrected chi connectivity index (χ0v) is 13.0. The minimum Gasteiger partial charge on any atom is -0.334 e. The molecule has 2 atom stereocenters. The normalized spacial score (nSPS) is 14.4. The molecule has 0 aliphatic rings. The molecule has 0 saturated carbocycles. The standard InChI is InChI=1S/C13H21N3O3S/c1-10(11(2)20(4,18)19)16(3)13(17)15-9-12-6-5-7-14-8-12/h5-8,10-11H,9H2,1-4H3,(H,15,17)/t10-,11-/m0/s1. The van der Waals surface area contributed by atoms with E-state index in [9.17, 15) is 13.2 Å². The molecule has 1 rings (SSSR count). The first-order chi connectivity index (χ1) is 9.23. The molecule has 1 aromatic heterocycles. The Morgan fingerprint density at radius 2 is 2.10 bits per heavy atom. The molecule has 0 aliphatic carbocycles. The third-order valence-corrected chi connectivity index (χ3v) is 5.20. The summed E-state index contributed by atoms with van der Waals surface area (Å²) in [4.78, 5) is 17.4. The van der Waals surface area contributed by atoms with Gasteiger partial charge in [0.25, 0.3) is 0 Å². The van der Waals surface area contributed by atoms with E-state index >= 15 is 0 Å². The van der Waals surface area contributed by atoms with Gasteiger partial charge in [-0.05, 0) is 25.5 Å². The van der Waals surface area contributed by atoms with Gasteiger partial charge in [-0.1, -0.05) is 6.07 Å². The molecule has 7 heteroatoms. The van der Waals surface area contributed by atoms with Gasteiger partial charge in [0.1, 0.15) is 0 Å². The van der Waals surface area contributed by atoms with Crippen LogP contribution in [-0.2, 0) is 16.4 Å². The van der Waals surface area contributed by atoms with Crippen LogP contribution >= 0.6 is 0 Å². The summed E-state index contributed by atoms with van der Waals surface area (Å²) in [5, 5.41) is 2.12. The second kappa shape index (κ2) is 6.69. The molecule has 0 bridgehead atoms. The van der Waals surface area contributed by atoms with Gasteiger partial charge in [-0.3, -0.25) is 4.98 Å². The number of hydrogen-bond acceptors (Lipinski definition) is 4. The van der Waals surface area contributed by atoms with Gasteiger partial charge >= 0.3 is 6.03 Å². The minimum absolute atomic E-state index is 0.308. The fourth-order valence-electron chi connectivity index (χ4n) is 1.66. The van der Waals surface area contributed by atoms with Gasteiger partial charge in [0.15, 0.2) is 9.84 Å². The maximum absolute atomic E-state index is 12.0. The smallest absolute Gasteiger partial charge is 0.317 e. The van der Waals surface area contributed by atoms with E-state index in [1.54, 1.807) is 39.4 Å². The van der Waals surface area contributed by atoms with Gasteiger partial charge in [0, 0.05) is 38.3 Å². The Kier molecular flexibility index (Phi) is 5.50. The molecule has 0 unspecified atom stereocenters. The first kappa shape index (κ1) is 16.4. The first-order valence-electron chi connectivity index (χ1n) is 6.32. The van der Waals surface area contributed by atoms with Crippen LogP contribution in [0.5, 0.6) is 0 Å². The lowest BCUT2D eigenvalue weighted by Gasteiger charge is -2.29. The topological polar surface area (TPSA) is 79.4 Å². The van der Waals surface area contributed by atoms with Crippen molar-refractivity contribution in [1.29, 1.82) is 0 Å². The summed E-state index contributed by atoms with van der Waals surface area (Å²) in [6, 6.07) is 2.94. The maximum atomic E-state index is 12.0. The first-order valence-corrected chi connectivity index (χ1v) is 8.27. The average Bonchev–Trinajstić information content (AvgIpc) is 2.42. The maximum Gasteiger partial charge on any atom is 0.317 e. The number of sulfone groups is 1. The highest BCUT2D eigenvalue weighted by Crippen LogP contribution is 2.10. The van der Waals surface area contributed by atoms with Gasteiger partial charge in [-0.2, -0.15) is 0 Å². The lowest BCUT2D eigenvalue weighted by molar-refractivity contribution is 0.193. The number of urea groups is 1. The summed E-state index contributed by atoms with van der Waals surface area (Å²) in [5.41, 5.74) is 0.887. The van der Waals surface area contributed by atoms with Crippen molar-refractivity contribution in [3.8, 4) is 0 Å². The fraction of sp³-hybridized carbons (Fsp3) is 0.538. The van der Waals surface area contributed by atoms with Crippen molar-refractivity contribution < 1.29 is 13.2 Å². The van der Waals surface area contributed by atoms with Crippen LogP contribution in [0.25, 0.3) is 0 Å². The van der Waals surface area contributed by atoms with E-state index in [2.05, 4.69) is 10.3 Å². The van der Waals surface area contributed by atoms with Gasteiger partial charge in [0.05, 0.1) is 5.25 Å². The number of carbonyl (C=O) groups is 1. The molecule has 0 spiro atoms. The summed E-state index contributed by atoms with van der Waals surface area (Å²) < 4.78 is 23.0. The van der Waals surface area contributed by atoms with E-state index in [-0.39, 0.29) is 6.03 Å². The number of aromatic nitrogens is 1. The summed E-state index contributed by atoms with van der Waals surface area (Å²) in [7, 11) is -1.59. The molecule has 20 heavy (non-hydrogen) atoms. The quantitative estimate of drug-likeness (QED) is 0.881. The molecular formula is C13H21N3O3S. The minimum atomic E-state index is -3.18. The van der Waals surface area contributed by atoms with Crippen LogP contribution in [-0.4, -0.2) is 48.9 Å². The largest absolute Gasteiger partial charge is 0.334 e. The Morgan fingerprint density at radius 3 is 2.60 bits per heavy atom. The predicted octanol–water partition coefficient (Wildman–Crippen LogP) is 1.04. The highest BCUT2D eigenvalue weighted by Gasteiger charge is 2.27. The van der Waals surface area contributed by atoms with Crippen LogP contribution in [0, 0.1) is 0 Å². The third-order valence-electron chi connectivity index (χ3n) is 3.45. The second-order valence-corrected chi connectivity index (χ2v) is 7.31. The van der Waals surface area contributed by atoms with E-state index in [4.69, 9.17) is 0 Å². The molecule has 0 saturated heterocycles. The van der Waals surface area contributed by atoms with E-state index in [0.717, 1.165) is 5.56 Å². The number of nitrogens with zero attached hydrogens (tertiary/aromatic N) is 2. The fourth-order valence-corrected chi connectivity index (χ4v) is 2.56. The summed E-state index contributed by atoms with van der Waals surface area (Å²) in [6.45, 7) is 3.68. The predicted molar refractivity (Wildman–Crippen MR) is 78.0 cm³/mol. The number of nitrogens with one attached hydrogen (secondary N) is 1. The Hall–Kier alpha value is -1.63. The Bertz CT molecular complexity index is 545. The van der Waals surface area contributed by atoms with Crippen molar-refractivity contribution in [3.63, 3.8) is 0 Å². The highest BCUT2D eigenvalue weighted by atomic mass is 32.2. The molecule has 0 fully saturated rings. The molecule has 112 valence electrons. The van der Waals surface area contributed by atoms with Gasteiger partial charge < -0.3 is 10.2 Å². The van der Waals surface area contributed by atoms with E-state index in [1.807, 2.05) is 6.07 Å². The molecule has 2 amide bonds. The van der Waals surface area contributed by atoms with Gasteiger partial charge in [0.2, 0.25) is 0 Å². The SMILES string of the molecule is C[C@@H]([C@H](C)S(C)(=O)=O)N(C)C(=O)NCc1cccnc1. The molecular weight excluding hydrogens is 278 g/mol. The molecule has 1 aromatic rings. The summed E-state index contributed by atoms with van der Waals surface area (Å²) in [5.74, 6) is 0. The van der Waals surface area contributed by atoms with Crippen LogP contribution < -0.4 is 5.32 Å². The van der Waals surface area contributed by atoms with Crippen LogP contribution in [0.3, 0.4) is 0 Å². The number of amides is 2. The van der Waals surface area contributed by atoms with Crippen LogP contribution in [0.15, 0.2) is 24.5 Å². The van der Waals surface area contributed by atoms with E-state index in [0.29, 0.717) is 6.54 Å². The van der Waals surface area contributed by atoms with E-state index in [1.165, 1.54) is 11.2 Å². The number of pyridine rings is 1. The molecule has 0 aromatic carbocycles.